The average Bonchev–Trinajstić information content (AvgIpc) is 3.00. The summed E-state index contributed by atoms with van der Waals surface area (Å²) in [5.74, 6) is 0.124. The standard InChI is InChI=1S/C21H30N2O4S/c1-16-13-22(28(25,26)20-12-8-7-11-19(16)20)14-18-15-23(21(24)27-18)17-9-5-3-2-4-6-10-17/h7-8,11-12,16-18H,2-6,9-10,13-15H2,1H3/t16?,18-/m0/s1. The van der Waals surface area contributed by atoms with Crippen LogP contribution in [-0.4, -0.2) is 55.5 Å². The Labute approximate surface area is 167 Å². The van der Waals surface area contributed by atoms with E-state index in [2.05, 4.69) is 0 Å². The zero-order valence-electron chi connectivity index (χ0n) is 16.5. The molecule has 1 saturated carbocycles. The molecule has 28 heavy (non-hydrogen) atoms. The van der Waals surface area contributed by atoms with E-state index in [9.17, 15) is 13.2 Å². The maximum Gasteiger partial charge on any atom is 0.410 e. The number of hydrogen-bond donors (Lipinski definition) is 0. The smallest absolute Gasteiger partial charge is 0.410 e. The number of carbonyl (C=O) groups is 1. The van der Waals surface area contributed by atoms with E-state index in [4.69, 9.17) is 4.74 Å². The van der Waals surface area contributed by atoms with E-state index in [0.717, 1.165) is 31.2 Å². The topological polar surface area (TPSA) is 66.9 Å². The highest BCUT2D eigenvalue weighted by atomic mass is 32.2. The summed E-state index contributed by atoms with van der Waals surface area (Å²) in [4.78, 5) is 14.7. The number of cyclic esters (lactones) is 1. The Morgan fingerprint density at radius 3 is 2.46 bits per heavy atom. The van der Waals surface area contributed by atoms with Gasteiger partial charge in [0.15, 0.2) is 0 Å². The maximum absolute atomic E-state index is 13.1. The highest BCUT2D eigenvalue weighted by Gasteiger charge is 2.41. The normalized spacial score (nSPS) is 29.0. The van der Waals surface area contributed by atoms with E-state index >= 15 is 0 Å². The van der Waals surface area contributed by atoms with Crippen molar-refractivity contribution < 1.29 is 17.9 Å². The van der Waals surface area contributed by atoms with Gasteiger partial charge in [-0.2, -0.15) is 4.31 Å². The molecular formula is C21H30N2O4S. The fourth-order valence-corrected chi connectivity index (χ4v) is 6.72. The molecule has 154 valence electrons. The lowest BCUT2D eigenvalue weighted by Crippen LogP contribution is -2.44. The minimum Gasteiger partial charge on any atom is -0.443 e. The van der Waals surface area contributed by atoms with Gasteiger partial charge in [-0.25, -0.2) is 13.2 Å². The van der Waals surface area contributed by atoms with Crippen molar-refractivity contribution in [2.45, 2.75) is 74.8 Å². The molecule has 7 heteroatoms. The second-order valence-corrected chi connectivity index (χ2v) is 10.3. The van der Waals surface area contributed by atoms with Crippen molar-refractivity contribution in [3.8, 4) is 0 Å². The van der Waals surface area contributed by atoms with Crippen LogP contribution in [-0.2, 0) is 14.8 Å². The molecule has 0 N–H and O–H groups in total. The molecule has 0 radical (unpaired) electrons. The fraction of sp³-hybridized carbons (Fsp3) is 0.667. The summed E-state index contributed by atoms with van der Waals surface area (Å²) >= 11 is 0. The van der Waals surface area contributed by atoms with E-state index in [1.54, 1.807) is 12.1 Å². The van der Waals surface area contributed by atoms with Gasteiger partial charge < -0.3 is 9.64 Å². The number of hydrogen-bond acceptors (Lipinski definition) is 4. The Morgan fingerprint density at radius 1 is 1.04 bits per heavy atom. The molecule has 1 amide bonds. The highest BCUT2D eigenvalue weighted by Crippen LogP contribution is 2.34. The third kappa shape index (κ3) is 3.79. The summed E-state index contributed by atoms with van der Waals surface area (Å²) in [6.45, 7) is 3.19. The van der Waals surface area contributed by atoms with E-state index in [-0.39, 0.29) is 24.6 Å². The van der Waals surface area contributed by atoms with Gasteiger partial charge in [0, 0.05) is 12.6 Å². The number of fused-ring (bicyclic) bond motifs is 1. The third-order valence-corrected chi connectivity index (χ3v) is 8.28. The first-order chi connectivity index (χ1) is 13.5. The van der Waals surface area contributed by atoms with Crippen molar-refractivity contribution in [2.75, 3.05) is 19.6 Å². The molecule has 2 atom stereocenters. The highest BCUT2D eigenvalue weighted by molar-refractivity contribution is 7.89. The number of nitrogens with zero attached hydrogens (tertiary/aromatic N) is 2. The second-order valence-electron chi connectivity index (χ2n) is 8.42. The molecule has 1 aromatic rings. The maximum atomic E-state index is 13.1. The Morgan fingerprint density at radius 2 is 1.71 bits per heavy atom. The first kappa shape index (κ1) is 19.7. The molecule has 6 nitrogen and oxygen atoms in total. The molecule has 1 saturated heterocycles. The van der Waals surface area contributed by atoms with Crippen molar-refractivity contribution in [1.29, 1.82) is 0 Å². The van der Waals surface area contributed by atoms with Crippen molar-refractivity contribution in [3.63, 3.8) is 0 Å². The summed E-state index contributed by atoms with van der Waals surface area (Å²) in [5.41, 5.74) is 0.873. The zero-order chi connectivity index (χ0) is 19.7. The SMILES string of the molecule is CC1CN(C[C@H]2CN(C3CCCCCCC3)C(=O)O2)S(=O)(=O)c2ccccc21. The monoisotopic (exact) mass is 406 g/mol. The Bertz CT molecular complexity index is 817. The van der Waals surface area contributed by atoms with Crippen LogP contribution in [0.1, 0.15) is 63.4 Å². The number of benzene rings is 1. The van der Waals surface area contributed by atoms with Crippen molar-refractivity contribution >= 4 is 16.1 Å². The van der Waals surface area contributed by atoms with Crippen LogP contribution in [0.2, 0.25) is 0 Å². The molecule has 1 aliphatic carbocycles. The van der Waals surface area contributed by atoms with Crippen molar-refractivity contribution in [2.24, 2.45) is 0 Å². The average molecular weight is 407 g/mol. The van der Waals surface area contributed by atoms with Crippen LogP contribution >= 0.6 is 0 Å². The predicted octanol–water partition coefficient (Wildman–Crippen LogP) is 3.73. The first-order valence-electron chi connectivity index (χ1n) is 10.5. The summed E-state index contributed by atoms with van der Waals surface area (Å²) in [6, 6.07) is 7.44. The Hall–Kier alpha value is -1.60. The van der Waals surface area contributed by atoms with Gasteiger partial charge in [-0.05, 0) is 30.4 Å². The molecule has 2 fully saturated rings. The molecule has 1 aromatic carbocycles. The van der Waals surface area contributed by atoms with Crippen LogP contribution in [0.25, 0.3) is 0 Å². The number of amides is 1. The lowest BCUT2D eigenvalue weighted by molar-refractivity contribution is 0.116. The van der Waals surface area contributed by atoms with Gasteiger partial charge in [0.25, 0.3) is 0 Å². The molecule has 2 heterocycles. The summed E-state index contributed by atoms with van der Waals surface area (Å²) < 4.78 is 33.2. The number of carbonyl (C=O) groups excluding carboxylic acids is 1. The fourth-order valence-electron chi connectivity index (χ4n) is 4.84. The largest absolute Gasteiger partial charge is 0.443 e. The van der Waals surface area contributed by atoms with Crippen LogP contribution in [0, 0.1) is 0 Å². The molecule has 1 unspecified atom stereocenters. The van der Waals surface area contributed by atoms with Crippen LogP contribution < -0.4 is 0 Å². The summed E-state index contributed by atoms with van der Waals surface area (Å²) in [7, 11) is -3.55. The molecule has 0 spiro atoms. The Balaban J connectivity index is 1.46. The van der Waals surface area contributed by atoms with E-state index in [1.807, 2.05) is 24.0 Å². The lowest BCUT2D eigenvalue weighted by Gasteiger charge is -2.33. The Kier molecular flexibility index (Phi) is 5.65. The number of sulfonamides is 1. The van der Waals surface area contributed by atoms with Crippen molar-refractivity contribution in [3.05, 3.63) is 29.8 Å². The number of rotatable bonds is 3. The van der Waals surface area contributed by atoms with E-state index < -0.39 is 16.1 Å². The van der Waals surface area contributed by atoms with Gasteiger partial charge in [-0.3, -0.25) is 0 Å². The molecule has 3 aliphatic rings. The third-order valence-electron chi connectivity index (χ3n) is 6.37. The van der Waals surface area contributed by atoms with Gasteiger partial charge in [-0.1, -0.05) is 57.2 Å². The van der Waals surface area contributed by atoms with E-state index in [1.165, 1.54) is 23.6 Å². The van der Waals surface area contributed by atoms with Crippen LogP contribution in [0.3, 0.4) is 0 Å². The molecular weight excluding hydrogens is 376 g/mol. The number of ether oxygens (including phenoxy) is 1. The quantitative estimate of drug-likeness (QED) is 0.767. The minimum absolute atomic E-state index is 0.124. The minimum atomic E-state index is -3.55. The van der Waals surface area contributed by atoms with Crippen LogP contribution in [0.4, 0.5) is 4.79 Å². The zero-order valence-corrected chi connectivity index (χ0v) is 17.4. The van der Waals surface area contributed by atoms with Gasteiger partial charge in [0.1, 0.15) is 6.10 Å². The molecule has 4 rings (SSSR count). The van der Waals surface area contributed by atoms with Crippen molar-refractivity contribution in [1.82, 2.24) is 9.21 Å². The van der Waals surface area contributed by atoms with E-state index in [0.29, 0.717) is 18.0 Å². The van der Waals surface area contributed by atoms with Gasteiger partial charge in [0.2, 0.25) is 10.0 Å². The molecule has 0 bridgehead atoms. The molecule has 0 aromatic heterocycles. The predicted molar refractivity (Wildman–Crippen MR) is 107 cm³/mol. The van der Waals surface area contributed by atoms with Gasteiger partial charge in [0.05, 0.1) is 18.0 Å². The lowest BCUT2D eigenvalue weighted by atomic mass is 9.96. The summed E-state index contributed by atoms with van der Waals surface area (Å²) in [6.07, 6.45) is 7.40. The second kappa shape index (κ2) is 8.03. The molecule has 2 aliphatic heterocycles. The van der Waals surface area contributed by atoms with Crippen LogP contribution in [0.15, 0.2) is 29.2 Å². The van der Waals surface area contributed by atoms with Crippen LogP contribution in [0.5, 0.6) is 0 Å². The van der Waals surface area contributed by atoms with Gasteiger partial charge >= 0.3 is 6.09 Å². The van der Waals surface area contributed by atoms with Gasteiger partial charge in [-0.15, -0.1) is 0 Å². The summed E-state index contributed by atoms with van der Waals surface area (Å²) in [5, 5.41) is 0. The first-order valence-corrected chi connectivity index (χ1v) is 12.0.